The van der Waals surface area contributed by atoms with E-state index in [0.717, 1.165) is 5.56 Å². The molecule has 0 saturated carbocycles. The average molecular weight is 441 g/mol. The quantitative estimate of drug-likeness (QED) is 0.298. The number of amides is 1. The van der Waals surface area contributed by atoms with Crippen LogP contribution in [-0.2, 0) is 6.61 Å². The largest absolute Gasteiger partial charge is 0.489 e. The van der Waals surface area contributed by atoms with Crippen molar-refractivity contribution in [2.45, 2.75) is 13.2 Å². The lowest BCUT2D eigenvalue weighted by Crippen LogP contribution is -2.17. The van der Waals surface area contributed by atoms with Gasteiger partial charge in [-0.3, -0.25) is 14.9 Å². The van der Waals surface area contributed by atoms with E-state index < -0.39 is 17.4 Å². The van der Waals surface area contributed by atoms with Gasteiger partial charge in [-0.1, -0.05) is 12.1 Å². The maximum Gasteiger partial charge on any atom is 0.387 e. The van der Waals surface area contributed by atoms with Crippen LogP contribution in [-0.4, -0.2) is 23.7 Å². The first-order valence-electron chi connectivity index (χ1n) is 9.25. The van der Waals surface area contributed by atoms with Crippen molar-refractivity contribution in [1.29, 1.82) is 0 Å². The number of ether oxygens (including phenoxy) is 2. The van der Waals surface area contributed by atoms with Crippen LogP contribution >= 0.6 is 0 Å². The first-order chi connectivity index (χ1) is 15.4. The molecule has 0 radical (unpaired) electrons. The Morgan fingerprint density at radius 3 is 2.22 bits per heavy atom. The molecule has 0 saturated heterocycles. The summed E-state index contributed by atoms with van der Waals surface area (Å²) in [6.45, 7) is -2.67. The van der Waals surface area contributed by atoms with E-state index in [0.29, 0.717) is 16.9 Å². The Morgan fingerprint density at radius 1 is 1.00 bits per heavy atom. The summed E-state index contributed by atoms with van der Waals surface area (Å²) in [6.07, 6.45) is 1.37. The Labute approximate surface area is 181 Å². The average Bonchev–Trinajstić information content (AvgIpc) is 2.79. The van der Waals surface area contributed by atoms with Gasteiger partial charge in [-0.25, -0.2) is 5.43 Å². The number of non-ortho nitro benzene ring substituents is 1. The van der Waals surface area contributed by atoms with Crippen LogP contribution in [0.4, 0.5) is 14.5 Å². The Balaban J connectivity index is 1.49. The van der Waals surface area contributed by atoms with Crippen molar-refractivity contribution in [3.05, 3.63) is 99.6 Å². The molecule has 164 valence electrons. The normalized spacial score (nSPS) is 10.8. The molecule has 3 aromatic carbocycles. The molecular formula is C22H17F2N3O5. The van der Waals surface area contributed by atoms with Gasteiger partial charge in [0.25, 0.3) is 11.6 Å². The molecule has 0 aliphatic rings. The summed E-state index contributed by atoms with van der Waals surface area (Å²) in [5, 5.41) is 14.5. The molecule has 3 aromatic rings. The van der Waals surface area contributed by atoms with E-state index in [2.05, 4.69) is 15.3 Å². The highest BCUT2D eigenvalue weighted by Crippen LogP contribution is 2.18. The van der Waals surface area contributed by atoms with E-state index in [1.165, 1.54) is 54.7 Å². The number of hydrogen-bond acceptors (Lipinski definition) is 6. The standard InChI is InChI=1S/C22H17F2N3O5/c23-22(24)32-20-9-3-15(4-10-20)13-25-26-21(28)17-5-1-16(2-6-17)14-31-19-11-7-18(8-12-19)27(29)30/h1-13,22H,14H2,(H,26,28). The fourth-order valence-corrected chi connectivity index (χ4v) is 2.55. The number of rotatable bonds is 9. The Hall–Kier alpha value is -4.34. The zero-order valence-corrected chi connectivity index (χ0v) is 16.5. The van der Waals surface area contributed by atoms with E-state index in [4.69, 9.17) is 4.74 Å². The maximum absolute atomic E-state index is 12.2. The lowest BCUT2D eigenvalue weighted by atomic mass is 10.1. The van der Waals surface area contributed by atoms with E-state index in [9.17, 15) is 23.7 Å². The van der Waals surface area contributed by atoms with E-state index >= 15 is 0 Å². The van der Waals surface area contributed by atoms with Crippen LogP contribution in [0.3, 0.4) is 0 Å². The summed E-state index contributed by atoms with van der Waals surface area (Å²) in [6, 6.07) is 18.2. The van der Waals surface area contributed by atoms with Crippen molar-refractivity contribution in [2.75, 3.05) is 0 Å². The van der Waals surface area contributed by atoms with Crippen molar-refractivity contribution in [2.24, 2.45) is 5.10 Å². The van der Waals surface area contributed by atoms with Crippen molar-refractivity contribution in [1.82, 2.24) is 5.43 Å². The van der Waals surface area contributed by atoms with E-state index in [-0.39, 0.29) is 18.0 Å². The van der Waals surface area contributed by atoms with Gasteiger partial charge >= 0.3 is 6.61 Å². The number of nitrogens with one attached hydrogen (secondary N) is 1. The summed E-state index contributed by atoms with van der Waals surface area (Å²) in [4.78, 5) is 22.3. The van der Waals surface area contributed by atoms with Crippen molar-refractivity contribution >= 4 is 17.8 Å². The monoisotopic (exact) mass is 441 g/mol. The van der Waals surface area contributed by atoms with Crippen LogP contribution in [0.5, 0.6) is 11.5 Å². The van der Waals surface area contributed by atoms with E-state index in [1.807, 2.05) is 0 Å². The number of alkyl halides is 2. The van der Waals surface area contributed by atoms with E-state index in [1.54, 1.807) is 24.3 Å². The smallest absolute Gasteiger partial charge is 0.387 e. The highest BCUT2D eigenvalue weighted by Gasteiger charge is 2.07. The predicted molar refractivity (Wildman–Crippen MR) is 112 cm³/mol. The number of nitro groups is 1. The highest BCUT2D eigenvalue weighted by molar-refractivity contribution is 5.94. The minimum atomic E-state index is -2.89. The maximum atomic E-state index is 12.2. The number of carbonyl (C=O) groups is 1. The van der Waals surface area contributed by atoms with Gasteiger partial charge < -0.3 is 9.47 Å². The van der Waals surface area contributed by atoms with Gasteiger partial charge in [0.05, 0.1) is 11.1 Å². The van der Waals surface area contributed by atoms with Gasteiger partial charge in [-0.05, 0) is 59.7 Å². The second kappa shape index (κ2) is 10.6. The number of halogens is 2. The second-order valence-corrected chi connectivity index (χ2v) is 6.38. The third-order valence-corrected chi connectivity index (χ3v) is 4.15. The molecule has 1 amide bonds. The topological polar surface area (TPSA) is 103 Å². The van der Waals surface area contributed by atoms with Gasteiger partial charge in [0.15, 0.2) is 0 Å². The molecule has 10 heteroatoms. The van der Waals surface area contributed by atoms with Gasteiger partial charge in [0.1, 0.15) is 18.1 Å². The zero-order valence-electron chi connectivity index (χ0n) is 16.5. The van der Waals surface area contributed by atoms with Crippen LogP contribution in [0.1, 0.15) is 21.5 Å². The van der Waals surface area contributed by atoms with Gasteiger partial charge in [0.2, 0.25) is 0 Å². The molecule has 0 fully saturated rings. The molecule has 8 nitrogen and oxygen atoms in total. The number of hydrazone groups is 1. The molecule has 0 unspecified atom stereocenters. The van der Waals surface area contributed by atoms with Crippen molar-refractivity contribution < 1.29 is 28.0 Å². The minimum absolute atomic E-state index is 0.0202. The van der Waals surface area contributed by atoms with Crippen LogP contribution in [0.2, 0.25) is 0 Å². The van der Waals surface area contributed by atoms with Crippen molar-refractivity contribution in [3.63, 3.8) is 0 Å². The Bertz CT molecular complexity index is 1090. The van der Waals surface area contributed by atoms with Crippen molar-refractivity contribution in [3.8, 4) is 11.5 Å². The third-order valence-electron chi connectivity index (χ3n) is 4.15. The minimum Gasteiger partial charge on any atom is -0.489 e. The summed E-state index contributed by atoms with van der Waals surface area (Å²) in [7, 11) is 0. The van der Waals surface area contributed by atoms with Crippen LogP contribution < -0.4 is 14.9 Å². The Morgan fingerprint density at radius 2 is 1.62 bits per heavy atom. The SMILES string of the molecule is O=C(NN=Cc1ccc(OC(F)F)cc1)c1ccc(COc2ccc([N+](=O)[O-])cc2)cc1. The molecule has 0 bridgehead atoms. The molecule has 32 heavy (non-hydrogen) atoms. The summed E-state index contributed by atoms with van der Waals surface area (Å²) >= 11 is 0. The Kier molecular flexibility index (Phi) is 7.42. The number of benzene rings is 3. The molecule has 1 N–H and O–H groups in total. The van der Waals surface area contributed by atoms with Crippen LogP contribution in [0, 0.1) is 10.1 Å². The summed E-state index contributed by atoms with van der Waals surface area (Å²) in [5.41, 5.74) is 4.12. The fraction of sp³-hybridized carbons (Fsp3) is 0.0909. The molecule has 0 spiro atoms. The molecule has 0 aliphatic heterocycles. The van der Waals surface area contributed by atoms with Gasteiger partial charge in [0, 0.05) is 17.7 Å². The van der Waals surface area contributed by atoms with Gasteiger partial charge in [-0.2, -0.15) is 13.9 Å². The van der Waals surface area contributed by atoms with Crippen LogP contribution in [0.15, 0.2) is 77.9 Å². The first-order valence-corrected chi connectivity index (χ1v) is 9.25. The molecular weight excluding hydrogens is 424 g/mol. The third kappa shape index (κ3) is 6.59. The number of nitro benzene ring substituents is 1. The van der Waals surface area contributed by atoms with Crippen LogP contribution in [0.25, 0.3) is 0 Å². The zero-order chi connectivity index (χ0) is 22.9. The highest BCUT2D eigenvalue weighted by atomic mass is 19.3. The molecule has 0 aromatic heterocycles. The number of carbonyl (C=O) groups excluding carboxylic acids is 1. The molecule has 0 atom stereocenters. The molecule has 0 aliphatic carbocycles. The fourth-order valence-electron chi connectivity index (χ4n) is 2.55. The first kappa shape index (κ1) is 22.3. The molecule has 0 heterocycles. The lowest BCUT2D eigenvalue weighted by Gasteiger charge is -2.07. The number of hydrogen-bond donors (Lipinski definition) is 1. The van der Waals surface area contributed by atoms with Gasteiger partial charge in [-0.15, -0.1) is 0 Å². The number of nitrogens with zero attached hydrogens (tertiary/aromatic N) is 2. The summed E-state index contributed by atoms with van der Waals surface area (Å²) in [5.74, 6) is 0.0844. The second-order valence-electron chi connectivity index (χ2n) is 6.38. The summed E-state index contributed by atoms with van der Waals surface area (Å²) < 4.78 is 34.1. The predicted octanol–water partition coefficient (Wildman–Crippen LogP) is 4.54. The lowest BCUT2D eigenvalue weighted by molar-refractivity contribution is -0.384. The molecule has 3 rings (SSSR count).